The number of aromatic nitrogens is 6. The fraction of sp³-hybridized carbons (Fsp3) is 0.280. The van der Waals surface area contributed by atoms with Crippen molar-refractivity contribution in [1.29, 1.82) is 0 Å². The molecule has 1 saturated carbocycles. The van der Waals surface area contributed by atoms with Crippen LogP contribution in [0.4, 0.5) is 0 Å². The van der Waals surface area contributed by atoms with Crippen LogP contribution in [-0.2, 0) is 6.54 Å². The summed E-state index contributed by atoms with van der Waals surface area (Å²) in [6.45, 7) is 1.92. The standard InChI is InChI=1S/C25H25N7/c1-2-5-16(4-1)12-26-13-17-10-18(15-27-14-17)19-7-8-21-24(30-19)25(32-31-21)23-11-22-20(29-23)6-3-9-28-22/h3,6-11,14-16,26,29H,1-2,4-5,12-13H2,(H,31,32). The SMILES string of the molecule is c1cnc2cc(-c3n[nH]c4ccc(-c5cncc(CNCC6CCCC6)c5)nc34)[nH]c2c1. The van der Waals surface area contributed by atoms with Gasteiger partial charge in [0.15, 0.2) is 0 Å². The largest absolute Gasteiger partial charge is 0.352 e. The van der Waals surface area contributed by atoms with Gasteiger partial charge >= 0.3 is 0 Å². The van der Waals surface area contributed by atoms with Gasteiger partial charge in [0.05, 0.1) is 27.9 Å². The van der Waals surface area contributed by atoms with Crippen LogP contribution in [-0.4, -0.2) is 36.7 Å². The van der Waals surface area contributed by atoms with Gasteiger partial charge in [0.2, 0.25) is 0 Å². The Balaban J connectivity index is 1.28. The average Bonchev–Trinajstić information content (AvgIpc) is 3.58. The van der Waals surface area contributed by atoms with E-state index in [0.717, 1.165) is 63.7 Å². The van der Waals surface area contributed by atoms with Crippen LogP contribution >= 0.6 is 0 Å². The molecule has 0 aliphatic heterocycles. The van der Waals surface area contributed by atoms with Crippen molar-refractivity contribution in [2.24, 2.45) is 5.92 Å². The summed E-state index contributed by atoms with van der Waals surface area (Å²) in [4.78, 5) is 17.2. The zero-order valence-electron chi connectivity index (χ0n) is 17.8. The molecule has 0 aromatic carbocycles. The van der Waals surface area contributed by atoms with Crippen LogP contribution < -0.4 is 5.32 Å². The van der Waals surface area contributed by atoms with Crippen LogP contribution in [0.5, 0.6) is 0 Å². The van der Waals surface area contributed by atoms with Crippen molar-refractivity contribution in [3.63, 3.8) is 0 Å². The van der Waals surface area contributed by atoms with Crippen molar-refractivity contribution in [2.75, 3.05) is 6.54 Å². The molecular weight excluding hydrogens is 398 g/mol. The Labute approximate surface area is 185 Å². The number of fused-ring (bicyclic) bond motifs is 2. The van der Waals surface area contributed by atoms with Crippen LogP contribution in [0.2, 0.25) is 0 Å². The lowest BCUT2D eigenvalue weighted by Gasteiger charge is -2.11. The Hall–Kier alpha value is -3.58. The van der Waals surface area contributed by atoms with Gasteiger partial charge in [-0.05, 0) is 67.3 Å². The molecule has 3 N–H and O–H groups in total. The van der Waals surface area contributed by atoms with E-state index in [0.29, 0.717) is 0 Å². The van der Waals surface area contributed by atoms with Gasteiger partial charge in [0.25, 0.3) is 0 Å². The van der Waals surface area contributed by atoms with Crippen LogP contribution in [0.15, 0.2) is 55.0 Å². The van der Waals surface area contributed by atoms with Gasteiger partial charge in [-0.2, -0.15) is 5.10 Å². The summed E-state index contributed by atoms with van der Waals surface area (Å²) in [7, 11) is 0. The van der Waals surface area contributed by atoms with Gasteiger partial charge < -0.3 is 10.3 Å². The number of hydrogen-bond acceptors (Lipinski definition) is 5. The van der Waals surface area contributed by atoms with Crippen molar-refractivity contribution >= 4 is 22.1 Å². The quantitative estimate of drug-likeness (QED) is 0.363. The van der Waals surface area contributed by atoms with Crippen molar-refractivity contribution in [1.82, 2.24) is 35.5 Å². The third-order valence-electron chi connectivity index (χ3n) is 6.38. The number of pyridine rings is 3. The van der Waals surface area contributed by atoms with Gasteiger partial charge in [0.1, 0.15) is 11.2 Å². The molecule has 32 heavy (non-hydrogen) atoms. The first-order valence-corrected chi connectivity index (χ1v) is 11.3. The molecule has 7 nitrogen and oxygen atoms in total. The van der Waals surface area contributed by atoms with Gasteiger partial charge in [-0.1, -0.05) is 12.8 Å². The highest BCUT2D eigenvalue weighted by Gasteiger charge is 2.15. The zero-order chi connectivity index (χ0) is 21.3. The smallest absolute Gasteiger partial charge is 0.135 e. The molecule has 7 heteroatoms. The number of rotatable bonds is 6. The molecule has 0 spiro atoms. The average molecular weight is 424 g/mol. The van der Waals surface area contributed by atoms with E-state index < -0.39 is 0 Å². The summed E-state index contributed by atoms with van der Waals surface area (Å²) >= 11 is 0. The number of nitrogens with zero attached hydrogens (tertiary/aromatic N) is 4. The number of hydrogen-bond donors (Lipinski definition) is 3. The third-order valence-corrected chi connectivity index (χ3v) is 6.38. The molecule has 0 saturated heterocycles. The highest BCUT2D eigenvalue weighted by atomic mass is 15.1. The fourth-order valence-electron chi connectivity index (χ4n) is 4.69. The zero-order valence-corrected chi connectivity index (χ0v) is 17.8. The summed E-state index contributed by atoms with van der Waals surface area (Å²) in [6, 6.07) is 12.2. The second-order valence-corrected chi connectivity index (χ2v) is 8.65. The van der Waals surface area contributed by atoms with Crippen LogP contribution in [0, 0.1) is 5.92 Å². The number of H-pyrrole nitrogens is 2. The van der Waals surface area contributed by atoms with Crippen molar-refractivity contribution in [2.45, 2.75) is 32.2 Å². The van der Waals surface area contributed by atoms with E-state index in [2.05, 4.69) is 36.5 Å². The molecule has 0 atom stereocenters. The van der Waals surface area contributed by atoms with E-state index >= 15 is 0 Å². The summed E-state index contributed by atoms with van der Waals surface area (Å²) in [5, 5.41) is 11.2. The number of nitrogens with one attached hydrogen (secondary N) is 3. The second-order valence-electron chi connectivity index (χ2n) is 8.65. The molecular formula is C25H25N7. The Morgan fingerprint density at radius 1 is 1.03 bits per heavy atom. The topological polar surface area (TPSA) is 95.2 Å². The van der Waals surface area contributed by atoms with E-state index in [-0.39, 0.29) is 0 Å². The predicted molar refractivity (Wildman–Crippen MR) is 126 cm³/mol. The minimum atomic E-state index is 0.794. The van der Waals surface area contributed by atoms with Gasteiger partial charge in [-0.15, -0.1) is 0 Å². The second kappa shape index (κ2) is 8.16. The van der Waals surface area contributed by atoms with Crippen LogP contribution in [0.1, 0.15) is 31.2 Å². The van der Waals surface area contributed by atoms with E-state index in [1.54, 1.807) is 6.20 Å². The first kappa shape index (κ1) is 19.1. The van der Waals surface area contributed by atoms with Gasteiger partial charge in [-0.25, -0.2) is 4.98 Å². The molecule has 1 fully saturated rings. The first-order chi connectivity index (χ1) is 15.8. The summed E-state index contributed by atoms with van der Waals surface area (Å²) in [6.07, 6.45) is 11.1. The molecule has 5 aromatic rings. The predicted octanol–water partition coefficient (Wildman–Crippen LogP) is 4.84. The lowest BCUT2D eigenvalue weighted by molar-refractivity contribution is 0.489. The normalized spacial score (nSPS) is 14.6. The lowest BCUT2D eigenvalue weighted by atomic mass is 10.1. The Kier molecular flexibility index (Phi) is 4.88. The molecule has 6 rings (SSSR count). The van der Waals surface area contributed by atoms with E-state index in [1.807, 2.05) is 42.7 Å². The maximum Gasteiger partial charge on any atom is 0.135 e. The summed E-state index contributed by atoms with van der Waals surface area (Å²) in [5.74, 6) is 0.828. The van der Waals surface area contributed by atoms with Gasteiger partial charge in [-0.3, -0.25) is 15.1 Å². The molecule has 160 valence electrons. The maximum atomic E-state index is 4.94. The first-order valence-electron chi connectivity index (χ1n) is 11.3. The number of aromatic amines is 2. The van der Waals surface area contributed by atoms with Crippen LogP contribution in [0.25, 0.3) is 44.7 Å². The van der Waals surface area contributed by atoms with Crippen LogP contribution in [0.3, 0.4) is 0 Å². The Morgan fingerprint density at radius 2 is 1.97 bits per heavy atom. The summed E-state index contributed by atoms with van der Waals surface area (Å²) in [5.41, 5.74) is 8.40. The Morgan fingerprint density at radius 3 is 2.88 bits per heavy atom. The van der Waals surface area contributed by atoms with Crippen molar-refractivity contribution in [3.8, 4) is 22.6 Å². The molecule has 5 aromatic heterocycles. The minimum absolute atomic E-state index is 0.794. The highest BCUT2D eigenvalue weighted by molar-refractivity contribution is 5.93. The molecule has 0 unspecified atom stereocenters. The molecule has 1 aliphatic carbocycles. The molecule has 5 heterocycles. The molecule has 0 radical (unpaired) electrons. The van der Waals surface area contributed by atoms with E-state index in [1.165, 1.54) is 31.2 Å². The molecule has 0 amide bonds. The highest BCUT2D eigenvalue weighted by Crippen LogP contribution is 2.29. The van der Waals surface area contributed by atoms with Gasteiger partial charge in [0, 0.05) is 30.7 Å². The van der Waals surface area contributed by atoms with Crippen molar-refractivity contribution in [3.05, 3.63) is 60.6 Å². The lowest BCUT2D eigenvalue weighted by Crippen LogP contribution is -2.20. The summed E-state index contributed by atoms with van der Waals surface area (Å²) < 4.78 is 0. The third kappa shape index (κ3) is 3.65. The van der Waals surface area contributed by atoms with E-state index in [4.69, 9.17) is 4.98 Å². The monoisotopic (exact) mass is 423 g/mol. The maximum absolute atomic E-state index is 4.94. The minimum Gasteiger partial charge on any atom is -0.352 e. The molecule has 0 bridgehead atoms. The fourth-order valence-corrected chi connectivity index (χ4v) is 4.69. The Bertz CT molecular complexity index is 1340. The van der Waals surface area contributed by atoms with E-state index in [9.17, 15) is 0 Å². The van der Waals surface area contributed by atoms with Crippen molar-refractivity contribution < 1.29 is 0 Å². The molecule has 1 aliphatic rings.